The molecule has 1 fully saturated rings. The monoisotopic (exact) mass is 369 g/mol. The number of nitro benzene ring substituents is 1. The van der Waals surface area contributed by atoms with E-state index in [1.165, 1.54) is 18.2 Å². The standard InChI is InChI=1S/C16H23N3O5S/c1-12-8-9-14(19(21)22)10-15(12)18(25(2,23)24)11-16(20)17-13-6-4-3-5-7-13/h8-10,13H,3-7,11H2,1-2H3,(H,17,20). The van der Waals surface area contributed by atoms with Gasteiger partial charge in [0.2, 0.25) is 15.9 Å². The number of nitro groups is 1. The van der Waals surface area contributed by atoms with Crippen molar-refractivity contribution < 1.29 is 18.1 Å². The first kappa shape index (κ1) is 19.2. The third kappa shape index (κ3) is 5.15. The number of hydrogen-bond acceptors (Lipinski definition) is 5. The van der Waals surface area contributed by atoms with Crippen LogP contribution < -0.4 is 9.62 Å². The molecule has 2 rings (SSSR count). The van der Waals surface area contributed by atoms with E-state index < -0.39 is 27.4 Å². The lowest BCUT2D eigenvalue weighted by atomic mass is 9.95. The van der Waals surface area contributed by atoms with Crippen LogP contribution in [0.25, 0.3) is 0 Å². The second-order valence-electron chi connectivity index (χ2n) is 6.40. The highest BCUT2D eigenvalue weighted by Gasteiger charge is 2.25. The van der Waals surface area contributed by atoms with Gasteiger partial charge in [-0.3, -0.25) is 19.2 Å². The number of hydrogen-bond donors (Lipinski definition) is 1. The minimum atomic E-state index is -3.77. The molecule has 0 aromatic heterocycles. The molecule has 1 amide bonds. The van der Waals surface area contributed by atoms with Gasteiger partial charge in [-0.15, -0.1) is 0 Å². The average molecular weight is 369 g/mol. The summed E-state index contributed by atoms with van der Waals surface area (Å²) in [7, 11) is -3.77. The van der Waals surface area contributed by atoms with E-state index in [4.69, 9.17) is 0 Å². The molecule has 1 aliphatic rings. The predicted octanol–water partition coefficient (Wildman–Crippen LogP) is 2.12. The van der Waals surface area contributed by atoms with Crippen molar-refractivity contribution in [3.8, 4) is 0 Å². The Morgan fingerprint density at radius 3 is 2.52 bits per heavy atom. The fourth-order valence-electron chi connectivity index (χ4n) is 3.01. The SMILES string of the molecule is Cc1ccc([N+](=O)[O-])cc1N(CC(=O)NC1CCCCC1)S(C)(=O)=O. The molecule has 9 heteroatoms. The third-order valence-corrected chi connectivity index (χ3v) is 5.46. The smallest absolute Gasteiger partial charge is 0.271 e. The van der Waals surface area contributed by atoms with Crippen LogP contribution in [0.4, 0.5) is 11.4 Å². The largest absolute Gasteiger partial charge is 0.352 e. The van der Waals surface area contributed by atoms with Crippen molar-refractivity contribution in [2.24, 2.45) is 0 Å². The van der Waals surface area contributed by atoms with Crippen molar-refractivity contribution in [2.75, 3.05) is 17.1 Å². The molecule has 0 atom stereocenters. The van der Waals surface area contributed by atoms with Crippen molar-refractivity contribution in [3.63, 3.8) is 0 Å². The molecular weight excluding hydrogens is 346 g/mol. The molecular formula is C16H23N3O5S. The summed E-state index contributed by atoms with van der Waals surface area (Å²) in [4.78, 5) is 22.7. The van der Waals surface area contributed by atoms with Gasteiger partial charge in [-0.1, -0.05) is 25.3 Å². The molecule has 1 aliphatic carbocycles. The Kier molecular flexibility index (Phi) is 5.99. The molecule has 1 aromatic rings. The summed E-state index contributed by atoms with van der Waals surface area (Å²) in [5.74, 6) is -0.400. The zero-order chi connectivity index (χ0) is 18.6. The Hall–Kier alpha value is -2.16. The van der Waals surface area contributed by atoms with Gasteiger partial charge >= 0.3 is 0 Å². The highest BCUT2D eigenvalue weighted by Crippen LogP contribution is 2.27. The summed E-state index contributed by atoms with van der Waals surface area (Å²) in [5, 5.41) is 13.8. The van der Waals surface area contributed by atoms with E-state index in [2.05, 4.69) is 5.32 Å². The number of benzene rings is 1. The summed E-state index contributed by atoms with van der Waals surface area (Å²) >= 11 is 0. The maximum absolute atomic E-state index is 12.3. The van der Waals surface area contributed by atoms with Crippen LogP contribution in [0.1, 0.15) is 37.7 Å². The van der Waals surface area contributed by atoms with Crippen LogP contribution in [0, 0.1) is 17.0 Å². The minimum absolute atomic E-state index is 0.0638. The zero-order valence-electron chi connectivity index (χ0n) is 14.4. The molecule has 138 valence electrons. The fourth-order valence-corrected chi connectivity index (χ4v) is 3.92. The lowest BCUT2D eigenvalue weighted by Gasteiger charge is -2.26. The Morgan fingerprint density at radius 1 is 1.32 bits per heavy atom. The molecule has 1 N–H and O–H groups in total. The molecule has 25 heavy (non-hydrogen) atoms. The van der Waals surface area contributed by atoms with E-state index in [9.17, 15) is 23.3 Å². The Balaban J connectivity index is 2.23. The molecule has 1 aromatic carbocycles. The van der Waals surface area contributed by atoms with Crippen LogP contribution in [0.5, 0.6) is 0 Å². The minimum Gasteiger partial charge on any atom is -0.352 e. The molecule has 0 bridgehead atoms. The molecule has 0 radical (unpaired) electrons. The van der Waals surface area contributed by atoms with E-state index >= 15 is 0 Å². The summed E-state index contributed by atoms with van der Waals surface area (Å²) < 4.78 is 25.3. The van der Waals surface area contributed by atoms with Gasteiger partial charge in [0.1, 0.15) is 6.54 Å². The molecule has 0 aliphatic heterocycles. The van der Waals surface area contributed by atoms with Crippen molar-refractivity contribution in [1.82, 2.24) is 5.32 Å². The predicted molar refractivity (Wildman–Crippen MR) is 95.0 cm³/mol. The topological polar surface area (TPSA) is 110 Å². The summed E-state index contributed by atoms with van der Waals surface area (Å²) in [6.45, 7) is 1.26. The summed E-state index contributed by atoms with van der Waals surface area (Å²) in [5.41, 5.74) is 0.471. The number of rotatable bonds is 6. The van der Waals surface area contributed by atoms with Crippen LogP contribution in [0.2, 0.25) is 0 Å². The van der Waals surface area contributed by atoms with Gasteiger partial charge < -0.3 is 5.32 Å². The number of sulfonamides is 1. The first-order valence-corrected chi connectivity index (χ1v) is 10.1. The van der Waals surface area contributed by atoms with E-state index in [-0.39, 0.29) is 17.4 Å². The number of nitrogens with zero attached hydrogens (tertiary/aromatic N) is 2. The number of anilines is 1. The third-order valence-electron chi connectivity index (χ3n) is 4.33. The number of amides is 1. The normalized spacial score (nSPS) is 15.6. The van der Waals surface area contributed by atoms with Gasteiger partial charge in [0.05, 0.1) is 16.9 Å². The zero-order valence-corrected chi connectivity index (χ0v) is 15.2. The van der Waals surface area contributed by atoms with E-state index in [0.717, 1.165) is 42.7 Å². The second-order valence-corrected chi connectivity index (χ2v) is 8.31. The van der Waals surface area contributed by atoms with Gasteiger partial charge in [0.25, 0.3) is 5.69 Å². The van der Waals surface area contributed by atoms with Crippen LogP contribution in [0.3, 0.4) is 0 Å². The van der Waals surface area contributed by atoms with Gasteiger partial charge in [0.15, 0.2) is 0 Å². The Bertz CT molecular complexity index is 757. The molecule has 0 unspecified atom stereocenters. The van der Waals surface area contributed by atoms with Crippen molar-refractivity contribution in [2.45, 2.75) is 45.1 Å². The lowest BCUT2D eigenvalue weighted by Crippen LogP contribution is -2.44. The Labute approximate surface area is 147 Å². The van der Waals surface area contributed by atoms with Crippen LogP contribution in [0.15, 0.2) is 18.2 Å². The second kappa shape index (κ2) is 7.81. The highest BCUT2D eigenvalue weighted by atomic mass is 32.2. The van der Waals surface area contributed by atoms with Crippen LogP contribution in [-0.2, 0) is 14.8 Å². The number of nitrogens with one attached hydrogen (secondary N) is 1. The van der Waals surface area contributed by atoms with E-state index in [1.54, 1.807) is 6.92 Å². The average Bonchev–Trinajstić information content (AvgIpc) is 2.53. The summed E-state index contributed by atoms with van der Waals surface area (Å²) in [6, 6.07) is 4.03. The number of carbonyl (C=O) groups excluding carboxylic acids is 1. The quantitative estimate of drug-likeness (QED) is 0.610. The fraction of sp³-hybridized carbons (Fsp3) is 0.562. The van der Waals surface area contributed by atoms with Crippen molar-refractivity contribution >= 4 is 27.3 Å². The maximum atomic E-state index is 12.3. The van der Waals surface area contributed by atoms with E-state index in [1.807, 2.05) is 0 Å². The molecule has 0 saturated heterocycles. The van der Waals surface area contributed by atoms with Crippen LogP contribution in [-0.4, -0.2) is 38.1 Å². The number of non-ortho nitro benzene ring substituents is 1. The van der Waals surface area contributed by atoms with Gasteiger partial charge in [-0.25, -0.2) is 8.42 Å². The van der Waals surface area contributed by atoms with E-state index in [0.29, 0.717) is 5.56 Å². The molecule has 1 saturated carbocycles. The van der Waals surface area contributed by atoms with Gasteiger partial charge in [-0.05, 0) is 25.3 Å². The number of carbonyl (C=O) groups is 1. The van der Waals surface area contributed by atoms with Gasteiger partial charge in [0, 0.05) is 18.2 Å². The highest BCUT2D eigenvalue weighted by molar-refractivity contribution is 7.92. The summed E-state index contributed by atoms with van der Waals surface area (Å²) in [6.07, 6.45) is 6.00. The Morgan fingerprint density at radius 2 is 1.96 bits per heavy atom. The van der Waals surface area contributed by atoms with Crippen molar-refractivity contribution in [1.29, 1.82) is 0 Å². The lowest BCUT2D eigenvalue weighted by molar-refractivity contribution is -0.384. The maximum Gasteiger partial charge on any atom is 0.271 e. The number of aryl methyl sites for hydroxylation is 1. The first-order chi connectivity index (χ1) is 11.7. The van der Waals surface area contributed by atoms with Crippen LogP contribution >= 0.6 is 0 Å². The van der Waals surface area contributed by atoms with Gasteiger partial charge in [-0.2, -0.15) is 0 Å². The first-order valence-electron chi connectivity index (χ1n) is 8.20. The molecule has 8 nitrogen and oxygen atoms in total. The van der Waals surface area contributed by atoms with Crippen molar-refractivity contribution in [3.05, 3.63) is 33.9 Å². The molecule has 0 heterocycles. The molecule has 0 spiro atoms.